The van der Waals surface area contributed by atoms with Crippen molar-refractivity contribution < 1.29 is 13.2 Å². The molecule has 0 saturated heterocycles. The second-order valence-electron chi connectivity index (χ2n) is 7.74. The number of carbonyl (C=O) groups is 1. The molecule has 0 saturated carbocycles. The van der Waals surface area contributed by atoms with Gasteiger partial charge in [0.05, 0.1) is 10.4 Å². The van der Waals surface area contributed by atoms with E-state index in [-0.39, 0.29) is 16.6 Å². The first-order chi connectivity index (χ1) is 17.5. The summed E-state index contributed by atoms with van der Waals surface area (Å²) < 4.78 is 27.7. The molecule has 0 aliphatic rings. The molecule has 10 heteroatoms. The number of anilines is 4. The summed E-state index contributed by atoms with van der Waals surface area (Å²) in [5.74, 6) is 0.526. The van der Waals surface area contributed by atoms with E-state index in [0.29, 0.717) is 33.7 Å². The van der Waals surface area contributed by atoms with Crippen LogP contribution in [0.3, 0.4) is 0 Å². The van der Waals surface area contributed by atoms with Crippen molar-refractivity contribution in [1.29, 1.82) is 0 Å². The molecule has 1 amide bonds. The van der Waals surface area contributed by atoms with E-state index in [1.807, 2.05) is 6.07 Å². The van der Waals surface area contributed by atoms with Crippen molar-refractivity contribution in [3.05, 3.63) is 109 Å². The van der Waals surface area contributed by atoms with E-state index in [9.17, 15) is 13.2 Å². The number of rotatable bonds is 7. The fraction of sp³-hybridized carbons (Fsp3) is 0. The number of carbonyl (C=O) groups excluding carboxylic acids is 1. The van der Waals surface area contributed by atoms with Gasteiger partial charge in [-0.1, -0.05) is 24.3 Å². The third-order valence-corrected chi connectivity index (χ3v) is 6.63. The zero-order valence-corrected chi connectivity index (χ0v) is 19.6. The molecule has 5 aromatic rings. The van der Waals surface area contributed by atoms with Crippen molar-refractivity contribution in [2.45, 2.75) is 4.90 Å². The molecule has 36 heavy (non-hydrogen) atoms. The number of sulfonamides is 1. The highest BCUT2D eigenvalue weighted by atomic mass is 32.2. The van der Waals surface area contributed by atoms with Gasteiger partial charge in [-0.15, -0.1) is 0 Å². The van der Waals surface area contributed by atoms with Gasteiger partial charge in [-0.3, -0.25) is 9.52 Å². The molecule has 0 atom stereocenters. The van der Waals surface area contributed by atoms with E-state index in [2.05, 4.69) is 30.3 Å². The van der Waals surface area contributed by atoms with Crippen LogP contribution in [0.5, 0.6) is 0 Å². The molecule has 2 heterocycles. The highest BCUT2D eigenvalue weighted by molar-refractivity contribution is 7.92. The van der Waals surface area contributed by atoms with Gasteiger partial charge in [0.2, 0.25) is 0 Å². The summed E-state index contributed by atoms with van der Waals surface area (Å²) in [6.45, 7) is 0. The number of pyridine rings is 1. The van der Waals surface area contributed by atoms with Crippen LogP contribution in [0.2, 0.25) is 0 Å². The van der Waals surface area contributed by atoms with Gasteiger partial charge in [0.15, 0.2) is 0 Å². The van der Waals surface area contributed by atoms with Gasteiger partial charge in [-0.25, -0.2) is 23.4 Å². The Morgan fingerprint density at radius 3 is 2.25 bits per heavy atom. The van der Waals surface area contributed by atoms with Crippen molar-refractivity contribution in [3.63, 3.8) is 0 Å². The predicted octanol–water partition coefficient (Wildman–Crippen LogP) is 4.82. The van der Waals surface area contributed by atoms with E-state index >= 15 is 0 Å². The second-order valence-corrected chi connectivity index (χ2v) is 9.43. The fourth-order valence-corrected chi connectivity index (χ4v) is 4.51. The molecule has 0 unspecified atom stereocenters. The summed E-state index contributed by atoms with van der Waals surface area (Å²) in [5.41, 5.74) is 2.46. The smallest absolute Gasteiger partial charge is 0.263 e. The second kappa shape index (κ2) is 9.80. The maximum absolute atomic E-state index is 12.6. The van der Waals surface area contributed by atoms with Crippen molar-refractivity contribution in [1.82, 2.24) is 15.0 Å². The van der Waals surface area contributed by atoms with Crippen molar-refractivity contribution in [2.75, 3.05) is 15.4 Å². The Labute approximate surface area is 207 Å². The Morgan fingerprint density at radius 2 is 1.50 bits per heavy atom. The molecule has 5 rings (SSSR count). The summed E-state index contributed by atoms with van der Waals surface area (Å²) in [6.07, 6.45) is 2.94. The Hall–Kier alpha value is -4.83. The molecule has 0 radical (unpaired) electrons. The van der Waals surface area contributed by atoms with Crippen LogP contribution in [0.1, 0.15) is 10.4 Å². The molecular weight excluding hydrogens is 476 g/mol. The molecular formula is C26H20N6O3S. The van der Waals surface area contributed by atoms with Crippen LogP contribution in [0.4, 0.5) is 23.0 Å². The number of amides is 1. The van der Waals surface area contributed by atoms with Gasteiger partial charge in [0, 0.05) is 28.5 Å². The number of hydrogen-bond donors (Lipinski definition) is 3. The van der Waals surface area contributed by atoms with Gasteiger partial charge >= 0.3 is 0 Å². The first-order valence-electron chi connectivity index (χ1n) is 10.9. The molecule has 0 spiro atoms. The van der Waals surface area contributed by atoms with Gasteiger partial charge in [-0.2, -0.15) is 0 Å². The van der Waals surface area contributed by atoms with E-state index in [0.717, 1.165) is 0 Å². The number of hydrogen-bond acceptors (Lipinski definition) is 7. The zero-order chi connectivity index (χ0) is 25.0. The molecule has 3 aromatic carbocycles. The minimum atomic E-state index is -3.78. The van der Waals surface area contributed by atoms with E-state index in [1.54, 1.807) is 72.8 Å². The standard InChI is InChI=1S/C26H20N6O3S/c33-26(18-6-2-1-3-7-18)31-20-11-14-23-22(16-20)25(29-17-28-23)30-19-9-12-21(13-10-19)36(34,35)32-24-8-4-5-15-27-24/h1-17H,(H,27,32)(H,31,33)(H,28,29,30). The monoisotopic (exact) mass is 496 g/mol. The minimum Gasteiger partial charge on any atom is -0.340 e. The van der Waals surface area contributed by atoms with Crippen LogP contribution >= 0.6 is 0 Å². The van der Waals surface area contributed by atoms with E-state index in [4.69, 9.17) is 0 Å². The molecule has 0 aliphatic carbocycles. The van der Waals surface area contributed by atoms with Gasteiger partial charge < -0.3 is 10.6 Å². The Bertz CT molecular complexity index is 1630. The van der Waals surface area contributed by atoms with Gasteiger partial charge in [0.25, 0.3) is 15.9 Å². The summed E-state index contributed by atoms with van der Waals surface area (Å²) >= 11 is 0. The van der Waals surface area contributed by atoms with E-state index < -0.39 is 10.0 Å². The Kier molecular flexibility index (Phi) is 6.25. The number of benzene rings is 3. The van der Waals surface area contributed by atoms with Crippen LogP contribution in [0, 0.1) is 0 Å². The fourth-order valence-electron chi connectivity index (χ4n) is 3.50. The topological polar surface area (TPSA) is 126 Å². The first kappa shape index (κ1) is 22.9. The summed E-state index contributed by atoms with van der Waals surface area (Å²) in [5, 5.41) is 6.77. The summed E-state index contributed by atoms with van der Waals surface area (Å²) in [4.78, 5) is 25.2. The molecule has 2 aromatic heterocycles. The van der Waals surface area contributed by atoms with Crippen LogP contribution in [-0.2, 0) is 10.0 Å². The quantitative estimate of drug-likeness (QED) is 0.295. The Balaban J connectivity index is 1.36. The summed E-state index contributed by atoms with van der Waals surface area (Å²) in [6, 6.07) is 25.5. The highest BCUT2D eigenvalue weighted by Crippen LogP contribution is 2.27. The Morgan fingerprint density at radius 1 is 0.750 bits per heavy atom. The normalized spacial score (nSPS) is 11.1. The van der Waals surface area contributed by atoms with Crippen molar-refractivity contribution >= 4 is 49.8 Å². The van der Waals surface area contributed by atoms with Crippen molar-refractivity contribution in [2.24, 2.45) is 0 Å². The zero-order valence-electron chi connectivity index (χ0n) is 18.8. The molecule has 9 nitrogen and oxygen atoms in total. The van der Waals surface area contributed by atoms with Crippen LogP contribution < -0.4 is 15.4 Å². The van der Waals surface area contributed by atoms with Crippen molar-refractivity contribution in [3.8, 4) is 0 Å². The summed E-state index contributed by atoms with van der Waals surface area (Å²) in [7, 11) is -3.78. The number of aromatic nitrogens is 3. The number of nitrogens with one attached hydrogen (secondary N) is 3. The molecule has 0 fully saturated rings. The average molecular weight is 497 g/mol. The molecule has 0 aliphatic heterocycles. The molecule has 0 bridgehead atoms. The number of fused-ring (bicyclic) bond motifs is 1. The first-order valence-corrected chi connectivity index (χ1v) is 12.4. The molecule has 178 valence electrons. The third kappa shape index (κ3) is 5.13. The molecule has 3 N–H and O–H groups in total. The predicted molar refractivity (Wildman–Crippen MR) is 139 cm³/mol. The lowest BCUT2D eigenvalue weighted by atomic mass is 10.1. The SMILES string of the molecule is O=C(Nc1ccc2ncnc(Nc3ccc(S(=O)(=O)Nc4ccccn4)cc3)c2c1)c1ccccc1. The van der Waals surface area contributed by atoms with Gasteiger partial charge in [0.1, 0.15) is 18.0 Å². The maximum atomic E-state index is 12.6. The third-order valence-electron chi connectivity index (χ3n) is 5.26. The lowest BCUT2D eigenvalue weighted by Gasteiger charge is -2.11. The van der Waals surface area contributed by atoms with E-state index in [1.165, 1.54) is 24.7 Å². The lowest BCUT2D eigenvalue weighted by molar-refractivity contribution is 0.102. The van der Waals surface area contributed by atoms with Crippen LogP contribution in [0.25, 0.3) is 10.9 Å². The lowest BCUT2D eigenvalue weighted by Crippen LogP contribution is -2.13. The largest absolute Gasteiger partial charge is 0.340 e. The number of nitrogens with zero attached hydrogens (tertiary/aromatic N) is 3. The van der Waals surface area contributed by atoms with Crippen LogP contribution in [0.15, 0.2) is 108 Å². The average Bonchev–Trinajstić information content (AvgIpc) is 2.90. The maximum Gasteiger partial charge on any atom is 0.263 e. The highest BCUT2D eigenvalue weighted by Gasteiger charge is 2.15. The minimum absolute atomic E-state index is 0.0946. The van der Waals surface area contributed by atoms with Crippen LogP contribution in [-0.4, -0.2) is 29.3 Å². The van der Waals surface area contributed by atoms with Gasteiger partial charge in [-0.05, 0) is 66.7 Å².